The molecule has 0 N–H and O–H groups in total. The number of esters is 1. The minimum absolute atomic E-state index is 0.123. The predicted octanol–water partition coefficient (Wildman–Crippen LogP) is 2.50. The van der Waals surface area contributed by atoms with Gasteiger partial charge in [-0.3, -0.25) is 4.79 Å². The van der Waals surface area contributed by atoms with Crippen molar-refractivity contribution in [3.63, 3.8) is 0 Å². The Labute approximate surface area is 106 Å². The first kappa shape index (κ1) is 14.0. The molecule has 17 heavy (non-hydrogen) atoms. The Morgan fingerprint density at radius 3 is 2.71 bits per heavy atom. The van der Waals surface area contributed by atoms with E-state index in [1.54, 1.807) is 18.1 Å². The molecule has 94 valence electrons. The van der Waals surface area contributed by atoms with Gasteiger partial charge < -0.3 is 4.74 Å². The number of ether oxygens (including phenoxy) is 1. The fourth-order valence-corrected chi connectivity index (χ4v) is 2.11. The number of carbonyl (C=O) groups excluding carboxylic acids is 1. The van der Waals surface area contributed by atoms with Crippen LogP contribution in [0.15, 0.2) is 17.4 Å². The second kappa shape index (κ2) is 6.59. The summed E-state index contributed by atoms with van der Waals surface area (Å²) < 4.78 is 4.68. The van der Waals surface area contributed by atoms with Crippen molar-refractivity contribution in [1.29, 1.82) is 0 Å². The topological polar surface area (TPSA) is 52.1 Å². The lowest BCUT2D eigenvalue weighted by Gasteiger charge is -2.09. The third kappa shape index (κ3) is 4.34. The molecule has 0 aliphatic rings. The van der Waals surface area contributed by atoms with Gasteiger partial charge in [0.2, 0.25) is 0 Å². The first-order valence-corrected chi connectivity index (χ1v) is 6.55. The minimum atomic E-state index is -0.185. The number of thioether (sulfide) groups is 1. The highest BCUT2D eigenvalue weighted by molar-refractivity contribution is 7.99. The SMILES string of the molecule is COC(=O)C(C)CSc1cc(C(C)C)ncn1. The zero-order chi connectivity index (χ0) is 12.8. The molecule has 0 radical (unpaired) electrons. The van der Waals surface area contributed by atoms with E-state index in [1.807, 2.05) is 13.0 Å². The summed E-state index contributed by atoms with van der Waals surface area (Å²) >= 11 is 1.55. The molecule has 0 saturated carbocycles. The molecule has 1 unspecified atom stereocenters. The number of carbonyl (C=O) groups is 1. The van der Waals surface area contributed by atoms with Crippen molar-refractivity contribution in [3.8, 4) is 0 Å². The Bertz CT molecular complexity index is 383. The molecule has 0 bridgehead atoms. The summed E-state index contributed by atoms with van der Waals surface area (Å²) in [5.74, 6) is 0.745. The Morgan fingerprint density at radius 2 is 2.12 bits per heavy atom. The molecule has 1 atom stereocenters. The largest absolute Gasteiger partial charge is 0.469 e. The van der Waals surface area contributed by atoms with E-state index in [1.165, 1.54) is 7.11 Å². The van der Waals surface area contributed by atoms with Crippen LogP contribution in [0.2, 0.25) is 0 Å². The van der Waals surface area contributed by atoms with Crippen LogP contribution in [0.5, 0.6) is 0 Å². The number of hydrogen-bond acceptors (Lipinski definition) is 5. The smallest absolute Gasteiger partial charge is 0.309 e. The summed E-state index contributed by atoms with van der Waals surface area (Å²) in [7, 11) is 1.41. The van der Waals surface area contributed by atoms with Crippen molar-refractivity contribution in [2.75, 3.05) is 12.9 Å². The Kier molecular flexibility index (Phi) is 5.41. The van der Waals surface area contributed by atoms with Gasteiger partial charge in [0.05, 0.1) is 18.1 Å². The Hall–Kier alpha value is -1.10. The van der Waals surface area contributed by atoms with Crippen LogP contribution in [0.4, 0.5) is 0 Å². The zero-order valence-electron chi connectivity index (χ0n) is 10.6. The van der Waals surface area contributed by atoms with Gasteiger partial charge in [-0.25, -0.2) is 9.97 Å². The normalized spacial score (nSPS) is 12.5. The summed E-state index contributed by atoms with van der Waals surface area (Å²) in [4.78, 5) is 19.6. The van der Waals surface area contributed by atoms with Gasteiger partial charge in [0.1, 0.15) is 6.33 Å². The minimum Gasteiger partial charge on any atom is -0.469 e. The molecule has 4 nitrogen and oxygen atoms in total. The highest BCUT2D eigenvalue weighted by Crippen LogP contribution is 2.21. The van der Waals surface area contributed by atoms with Crippen molar-refractivity contribution >= 4 is 17.7 Å². The summed E-state index contributed by atoms with van der Waals surface area (Å²) in [5.41, 5.74) is 1.02. The van der Waals surface area contributed by atoms with E-state index in [0.717, 1.165) is 10.7 Å². The summed E-state index contributed by atoms with van der Waals surface area (Å²) in [6.07, 6.45) is 1.57. The van der Waals surface area contributed by atoms with Crippen LogP contribution >= 0.6 is 11.8 Å². The van der Waals surface area contributed by atoms with Crippen LogP contribution in [0.1, 0.15) is 32.4 Å². The van der Waals surface area contributed by atoms with Crippen LogP contribution < -0.4 is 0 Å². The van der Waals surface area contributed by atoms with Crippen LogP contribution in [0.3, 0.4) is 0 Å². The number of nitrogens with zero attached hydrogens (tertiary/aromatic N) is 2. The molecule has 1 aromatic rings. The third-order valence-electron chi connectivity index (χ3n) is 2.34. The lowest BCUT2D eigenvalue weighted by molar-refractivity contribution is -0.143. The number of hydrogen-bond donors (Lipinski definition) is 0. The first-order chi connectivity index (χ1) is 8.04. The summed E-state index contributed by atoms with van der Waals surface area (Å²) in [6, 6.07) is 1.97. The van der Waals surface area contributed by atoms with Gasteiger partial charge in [-0.05, 0) is 12.0 Å². The molecular formula is C12H18N2O2S. The molecular weight excluding hydrogens is 236 g/mol. The van der Waals surface area contributed by atoms with Crippen LogP contribution in [-0.2, 0) is 9.53 Å². The van der Waals surface area contributed by atoms with E-state index in [4.69, 9.17) is 0 Å². The van der Waals surface area contributed by atoms with Gasteiger partial charge in [0.15, 0.2) is 0 Å². The number of rotatable bonds is 5. The Balaban J connectivity index is 2.57. The highest BCUT2D eigenvalue weighted by atomic mass is 32.2. The fraction of sp³-hybridized carbons (Fsp3) is 0.583. The maximum absolute atomic E-state index is 11.2. The van der Waals surface area contributed by atoms with Gasteiger partial charge in [-0.1, -0.05) is 20.8 Å². The molecule has 0 aliphatic carbocycles. The maximum Gasteiger partial charge on any atom is 0.309 e. The van der Waals surface area contributed by atoms with Crippen molar-refractivity contribution in [2.45, 2.75) is 31.7 Å². The van der Waals surface area contributed by atoms with Crippen molar-refractivity contribution in [1.82, 2.24) is 9.97 Å². The lowest BCUT2D eigenvalue weighted by Crippen LogP contribution is -2.14. The Morgan fingerprint density at radius 1 is 1.41 bits per heavy atom. The average Bonchev–Trinajstić information content (AvgIpc) is 2.35. The summed E-state index contributed by atoms with van der Waals surface area (Å²) in [6.45, 7) is 6.03. The van der Waals surface area contributed by atoms with Crippen molar-refractivity contribution in [2.24, 2.45) is 5.92 Å². The predicted molar refractivity (Wildman–Crippen MR) is 68.0 cm³/mol. The fourth-order valence-electron chi connectivity index (χ4n) is 1.23. The quantitative estimate of drug-likeness (QED) is 0.459. The van der Waals surface area contributed by atoms with Gasteiger partial charge >= 0.3 is 5.97 Å². The molecule has 1 aromatic heterocycles. The average molecular weight is 254 g/mol. The monoisotopic (exact) mass is 254 g/mol. The molecule has 0 aromatic carbocycles. The molecule has 1 rings (SSSR count). The maximum atomic E-state index is 11.2. The molecule has 0 aliphatic heterocycles. The molecule has 5 heteroatoms. The van der Waals surface area contributed by atoms with E-state index in [-0.39, 0.29) is 11.9 Å². The standard InChI is InChI=1S/C12H18N2O2S/c1-8(2)10-5-11(14-7-13-10)17-6-9(3)12(15)16-4/h5,7-9H,6H2,1-4H3. The first-order valence-electron chi connectivity index (χ1n) is 5.57. The van der Waals surface area contributed by atoms with Gasteiger partial charge in [0, 0.05) is 11.4 Å². The lowest BCUT2D eigenvalue weighted by atomic mass is 10.1. The van der Waals surface area contributed by atoms with Crippen molar-refractivity contribution in [3.05, 3.63) is 18.1 Å². The van der Waals surface area contributed by atoms with E-state index >= 15 is 0 Å². The van der Waals surface area contributed by atoms with Crippen LogP contribution in [0, 0.1) is 5.92 Å². The molecule has 0 fully saturated rings. The van der Waals surface area contributed by atoms with Crippen LogP contribution in [0.25, 0.3) is 0 Å². The number of aromatic nitrogens is 2. The third-order valence-corrected chi connectivity index (χ3v) is 3.53. The van der Waals surface area contributed by atoms with E-state index in [0.29, 0.717) is 11.7 Å². The summed E-state index contributed by atoms with van der Waals surface area (Å²) in [5, 5.41) is 0.902. The van der Waals surface area contributed by atoms with Gasteiger partial charge in [-0.2, -0.15) is 0 Å². The van der Waals surface area contributed by atoms with Gasteiger partial charge in [0.25, 0.3) is 0 Å². The van der Waals surface area contributed by atoms with Crippen LogP contribution in [-0.4, -0.2) is 28.8 Å². The van der Waals surface area contributed by atoms with E-state index in [9.17, 15) is 4.79 Å². The molecule has 1 heterocycles. The van der Waals surface area contributed by atoms with Gasteiger partial charge in [-0.15, -0.1) is 11.8 Å². The number of methoxy groups -OCH3 is 1. The molecule has 0 saturated heterocycles. The van der Waals surface area contributed by atoms with E-state index in [2.05, 4.69) is 28.6 Å². The van der Waals surface area contributed by atoms with E-state index < -0.39 is 0 Å². The highest BCUT2D eigenvalue weighted by Gasteiger charge is 2.14. The molecule has 0 amide bonds. The zero-order valence-corrected chi connectivity index (χ0v) is 11.5. The van der Waals surface area contributed by atoms with Crippen molar-refractivity contribution < 1.29 is 9.53 Å². The second-order valence-electron chi connectivity index (χ2n) is 4.17. The molecule has 0 spiro atoms. The second-order valence-corrected chi connectivity index (χ2v) is 5.21.